The van der Waals surface area contributed by atoms with Crippen molar-refractivity contribution in [1.29, 1.82) is 0 Å². The summed E-state index contributed by atoms with van der Waals surface area (Å²) in [6.45, 7) is 0.750. The highest BCUT2D eigenvalue weighted by atomic mass is 32.1. The lowest BCUT2D eigenvalue weighted by Gasteiger charge is -2.12. The van der Waals surface area contributed by atoms with Crippen molar-refractivity contribution in [2.75, 3.05) is 5.32 Å². The van der Waals surface area contributed by atoms with Crippen LogP contribution in [-0.2, 0) is 6.54 Å². The lowest BCUT2D eigenvalue weighted by Crippen LogP contribution is -1.99. The standard InChI is InChI=1S/C16H14N2OS/c1-2-6-13(7-3-1)19-16-9-5-4-8-15(16)18-11-14-10-17-12-20-14/h1-10,12,18H,11H2. The molecule has 0 amide bonds. The summed E-state index contributed by atoms with van der Waals surface area (Å²) in [6, 6.07) is 17.7. The molecule has 1 N–H and O–H groups in total. The fraction of sp³-hybridized carbons (Fsp3) is 0.0625. The zero-order valence-corrected chi connectivity index (χ0v) is 11.6. The van der Waals surface area contributed by atoms with E-state index in [9.17, 15) is 0 Å². The molecule has 0 bridgehead atoms. The minimum Gasteiger partial charge on any atom is -0.455 e. The maximum Gasteiger partial charge on any atom is 0.150 e. The number of para-hydroxylation sites is 3. The summed E-state index contributed by atoms with van der Waals surface area (Å²) in [5.41, 5.74) is 2.81. The van der Waals surface area contributed by atoms with Crippen LogP contribution in [0.4, 0.5) is 5.69 Å². The fourth-order valence-corrected chi connectivity index (χ4v) is 2.36. The van der Waals surface area contributed by atoms with Crippen LogP contribution in [0.1, 0.15) is 4.88 Å². The van der Waals surface area contributed by atoms with E-state index >= 15 is 0 Å². The smallest absolute Gasteiger partial charge is 0.150 e. The van der Waals surface area contributed by atoms with Crippen LogP contribution in [-0.4, -0.2) is 4.98 Å². The number of ether oxygens (including phenoxy) is 1. The largest absolute Gasteiger partial charge is 0.455 e. The molecule has 0 aliphatic carbocycles. The molecule has 0 aliphatic rings. The fourth-order valence-electron chi connectivity index (χ4n) is 1.83. The van der Waals surface area contributed by atoms with Crippen molar-refractivity contribution in [2.24, 2.45) is 0 Å². The van der Waals surface area contributed by atoms with E-state index in [0.717, 1.165) is 23.7 Å². The molecule has 100 valence electrons. The van der Waals surface area contributed by atoms with Gasteiger partial charge in [0.25, 0.3) is 0 Å². The average molecular weight is 282 g/mol. The SMILES string of the molecule is c1ccc(Oc2ccccc2NCc2cncs2)cc1. The predicted octanol–water partition coefficient (Wildman–Crippen LogP) is 4.55. The van der Waals surface area contributed by atoms with Crippen LogP contribution in [0.3, 0.4) is 0 Å². The Morgan fingerprint density at radius 2 is 1.80 bits per heavy atom. The predicted molar refractivity (Wildman–Crippen MR) is 82.4 cm³/mol. The zero-order valence-electron chi connectivity index (χ0n) is 10.8. The van der Waals surface area contributed by atoms with Crippen molar-refractivity contribution in [1.82, 2.24) is 4.98 Å². The van der Waals surface area contributed by atoms with Crippen LogP contribution >= 0.6 is 11.3 Å². The minimum absolute atomic E-state index is 0.750. The average Bonchev–Trinajstić information content (AvgIpc) is 3.01. The van der Waals surface area contributed by atoms with E-state index < -0.39 is 0 Å². The van der Waals surface area contributed by atoms with Gasteiger partial charge in [-0.05, 0) is 24.3 Å². The van der Waals surface area contributed by atoms with Gasteiger partial charge in [0.2, 0.25) is 0 Å². The molecule has 0 radical (unpaired) electrons. The summed E-state index contributed by atoms with van der Waals surface area (Å²) in [4.78, 5) is 5.27. The van der Waals surface area contributed by atoms with Crippen LogP contribution in [0, 0.1) is 0 Å². The van der Waals surface area contributed by atoms with Crippen LogP contribution in [0.15, 0.2) is 66.3 Å². The molecule has 4 heteroatoms. The van der Waals surface area contributed by atoms with E-state index in [1.165, 1.54) is 4.88 Å². The number of thiazole rings is 1. The van der Waals surface area contributed by atoms with Crippen molar-refractivity contribution in [3.05, 3.63) is 71.2 Å². The van der Waals surface area contributed by atoms with Crippen LogP contribution in [0.5, 0.6) is 11.5 Å². The molecule has 0 saturated heterocycles. The third kappa shape index (κ3) is 3.16. The lowest BCUT2D eigenvalue weighted by molar-refractivity contribution is 0.484. The Morgan fingerprint density at radius 1 is 1.00 bits per heavy atom. The molecule has 0 saturated carbocycles. The van der Waals surface area contributed by atoms with E-state index in [1.807, 2.05) is 66.3 Å². The van der Waals surface area contributed by atoms with Crippen molar-refractivity contribution >= 4 is 17.0 Å². The van der Waals surface area contributed by atoms with Gasteiger partial charge in [-0.1, -0.05) is 30.3 Å². The highest BCUT2D eigenvalue weighted by Crippen LogP contribution is 2.29. The molecular formula is C16H14N2OS. The van der Waals surface area contributed by atoms with Crippen molar-refractivity contribution in [3.63, 3.8) is 0 Å². The maximum absolute atomic E-state index is 5.90. The highest BCUT2D eigenvalue weighted by Gasteiger charge is 2.04. The molecule has 0 fully saturated rings. The van der Waals surface area contributed by atoms with Gasteiger partial charge in [-0.25, -0.2) is 0 Å². The molecule has 3 rings (SSSR count). The third-order valence-electron chi connectivity index (χ3n) is 2.79. The van der Waals surface area contributed by atoms with Gasteiger partial charge < -0.3 is 10.1 Å². The topological polar surface area (TPSA) is 34.1 Å². The molecule has 3 nitrogen and oxygen atoms in total. The summed E-state index contributed by atoms with van der Waals surface area (Å²) in [5.74, 6) is 1.66. The van der Waals surface area contributed by atoms with Gasteiger partial charge in [-0.2, -0.15) is 0 Å². The molecule has 0 spiro atoms. The Balaban J connectivity index is 1.74. The summed E-state index contributed by atoms with van der Waals surface area (Å²) < 4.78 is 5.90. The summed E-state index contributed by atoms with van der Waals surface area (Å²) in [7, 11) is 0. The number of nitrogens with zero attached hydrogens (tertiary/aromatic N) is 1. The van der Waals surface area contributed by atoms with E-state index in [-0.39, 0.29) is 0 Å². The van der Waals surface area contributed by atoms with Gasteiger partial charge in [0.1, 0.15) is 5.75 Å². The Kier molecular flexibility index (Phi) is 3.94. The molecule has 0 unspecified atom stereocenters. The molecule has 2 aromatic carbocycles. The third-order valence-corrected chi connectivity index (χ3v) is 3.57. The molecule has 0 atom stereocenters. The van der Waals surface area contributed by atoms with Gasteiger partial charge in [0, 0.05) is 11.1 Å². The minimum atomic E-state index is 0.750. The highest BCUT2D eigenvalue weighted by molar-refractivity contribution is 7.09. The number of aromatic nitrogens is 1. The lowest BCUT2D eigenvalue weighted by atomic mass is 10.3. The first-order valence-corrected chi connectivity index (χ1v) is 7.23. The molecule has 20 heavy (non-hydrogen) atoms. The first kappa shape index (κ1) is 12.7. The molecule has 1 heterocycles. The first-order chi connectivity index (χ1) is 9.92. The Hall–Kier alpha value is -2.33. The van der Waals surface area contributed by atoms with E-state index in [1.54, 1.807) is 11.3 Å². The van der Waals surface area contributed by atoms with Gasteiger partial charge in [-0.15, -0.1) is 11.3 Å². The maximum atomic E-state index is 5.90. The summed E-state index contributed by atoms with van der Waals surface area (Å²) in [6.07, 6.45) is 1.87. The van der Waals surface area contributed by atoms with E-state index in [0.29, 0.717) is 0 Å². The second-order valence-electron chi connectivity index (χ2n) is 4.23. The monoisotopic (exact) mass is 282 g/mol. The Labute approximate surface area is 121 Å². The quantitative estimate of drug-likeness (QED) is 0.745. The zero-order chi connectivity index (χ0) is 13.6. The van der Waals surface area contributed by atoms with Gasteiger partial charge >= 0.3 is 0 Å². The van der Waals surface area contributed by atoms with Crippen molar-refractivity contribution < 1.29 is 4.74 Å². The van der Waals surface area contributed by atoms with Crippen molar-refractivity contribution in [3.8, 4) is 11.5 Å². The number of hydrogen-bond donors (Lipinski definition) is 1. The number of benzene rings is 2. The summed E-state index contributed by atoms with van der Waals surface area (Å²) >= 11 is 1.64. The Bertz CT molecular complexity index is 653. The van der Waals surface area contributed by atoms with Gasteiger partial charge in [0.15, 0.2) is 5.75 Å². The van der Waals surface area contributed by atoms with Crippen molar-refractivity contribution in [2.45, 2.75) is 6.54 Å². The number of nitrogens with one attached hydrogen (secondary N) is 1. The second-order valence-corrected chi connectivity index (χ2v) is 5.20. The van der Waals surface area contributed by atoms with E-state index in [4.69, 9.17) is 4.74 Å². The van der Waals surface area contributed by atoms with Crippen LogP contribution < -0.4 is 10.1 Å². The van der Waals surface area contributed by atoms with Crippen LogP contribution in [0.2, 0.25) is 0 Å². The number of anilines is 1. The van der Waals surface area contributed by atoms with Crippen LogP contribution in [0.25, 0.3) is 0 Å². The normalized spacial score (nSPS) is 10.2. The van der Waals surface area contributed by atoms with Gasteiger partial charge in [0.05, 0.1) is 17.7 Å². The number of hydrogen-bond acceptors (Lipinski definition) is 4. The first-order valence-electron chi connectivity index (χ1n) is 6.35. The number of rotatable bonds is 5. The molecular weight excluding hydrogens is 268 g/mol. The molecule has 3 aromatic rings. The van der Waals surface area contributed by atoms with Gasteiger partial charge in [-0.3, -0.25) is 4.98 Å². The molecule has 1 aromatic heterocycles. The second kappa shape index (κ2) is 6.21. The molecule has 0 aliphatic heterocycles. The van der Waals surface area contributed by atoms with E-state index in [2.05, 4.69) is 10.3 Å². The summed E-state index contributed by atoms with van der Waals surface area (Å²) in [5, 5.41) is 3.38. The Morgan fingerprint density at radius 3 is 2.60 bits per heavy atom.